The Morgan fingerprint density at radius 2 is 2.11 bits per heavy atom. The second-order valence-corrected chi connectivity index (χ2v) is 2.61. The van der Waals surface area contributed by atoms with Crippen LogP contribution >= 0.6 is 0 Å². The zero-order chi connectivity index (χ0) is 7.11. The molecule has 0 rings (SSSR count). The first kappa shape index (κ1) is 8.96. The van der Waals surface area contributed by atoms with E-state index in [0.717, 1.165) is 25.2 Å². The summed E-state index contributed by atoms with van der Waals surface area (Å²) in [4.78, 5) is 0. The molecule has 0 saturated carbocycles. The fourth-order valence-electron chi connectivity index (χ4n) is 0.933. The minimum Gasteiger partial charge on any atom is -0.396 e. The first-order chi connectivity index (χ1) is 4.31. The van der Waals surface area contributed by atoms with Crippen LogP contribution in [0.3, 0.4) is 0 Å². The summed E-state index contributed by atoms with van der Waals surface area (Å²) in [5.74, 6) is 0.745. The van der Waals surface area contributed by atoms with Crippen molar-refractivity contribution < 1.29 is 5.11 Å². The van der Waals surface area contributed by atoms with Crippen LogP contribution in [0.1, 0.15) is 32.6 Å². The average molecular weight is 129 g/mol. The van der Waals surface area contributed by atoms with E-state index in [1.54, 1.807) is 0 Å². The molecule has 1 radical (unpaired) electrons. The highest BCUT2D eigenvalue weighted by Gasteiger charge is 1.97. The van der Waals surface area contributed by atoms with Crippen LogP contribution < -0.4 is 0 Å². The average Bonchev–Trinajstić information content (AvgIpc) is 1.85. The second kappa shape index (κ2) is 6.09. The van der Waals surface area contributed by atoms with Gasteiger partial charge in [-0.1, -0.05) is 26.7 Å². The summed E-state index contributed by atoms with van der Waals surface area (Å²) < 4.78 is 0. The molecular weight excluding hydrogens is 112 g/mol. The molecule has 0 amide bonds. The van der Waals surface area contributed by atoms with Crippen molar-refractivity contribution in [1.29, 1.82) is 0 Å². The summed E-state index contributed by atoms with van der Waals surface area (Å²) in [5.41, 5.74) is 0. The Labute approximate surface area is 58.1 Å². The number of aliphatic hydroxyl groups is 1. The lowest BCUT2D eigenvalue weighted by Gasteiger charge is -2.06. The summed E-state index contributed by atoms with van der Waals surface area (Å²) in [5, 5.41) is 8.47. The van der Waals surface area contributed by atoms with E-state index in [9.17, 15) is 0 Å². The number of hydrogen-bond donors (Lipinski definition) is 1. The molecule has 0 aliphatic rings. The molecule has 9 heavy (non-hydrogen) atoms. The van der Waals surface area contributed by atoms with Crippen molar-refractivity contribution >= 4 is 0 Å². The molecule has 0 aliphatic carbocycles. The molecule has 0 aliphatic heterocycles. The summed E-state index contributed by atoms with van der Waals surface area (Å²) >= 11 is 0. The van der Waals surface area contributed by atoms with Crippen molar-refractivity contribution in [3.8, 4) is 0 Å². The maximum Gasteiger partial charge on any atom is 0.0431 e. The molecule has 1 atom stereocenters. The van der Waals surface area contributed by atoms with Crippen molar-refractivity contribution in [2.45, 2.75) is 32.6 Å². The van der Waals surface area contributed by atoms with Gasteiger partial charge >= 0.3 is 0 Å². The molecule has 1 N–H and O–H groups in total. The van der Waals surface area contributed by atoms with Crippen LogP contribution in [0.4, 0.5) is 0 Å². The summed E-state index contributed by atoms with van der Waals surface area (Å²) in [7, 11) is 0. The van der Waals surface area contributed by atoms with Crippen LogP contribution in [0.25, 0.3) is 0 Å². The van der Waals surface area contributed by atoms with Gasteiger partial charge in [0.25, 0.3) is 0 Å². The summed E-state index contributed by atoms with van der Waals surface area (Å²) in [6, 6.07) is 0. The molecule has 0 aromatic heterocycles. The van der Waals surface area contributed by atoms with Crippen molar-refractivity contribution in [3.63, 3.8) is 0 Å². The lowest BCUT2D eigenvalue weighted by atomic mass is 10.0. The first-order valence-corrected chi connectivity index (χ1v) is 3.71. The molecule has 1 nitrogen and oxygen atoms in total. The molecule has 0 heterocycles. The molecule has 0 saturated heterocycles. The van der Waals surface area contributed by atoms with Gasteiger partial charge in [0.05, 0.1) is 0 Å². The van der Waals surface area contributed by atoms with Gasteiger partial charge in [-0.2, -0.15) is 0 Å². The SMILES string of the molecule is [CH2]CCC(C)CCCO. The predicted molar refractivity (Wildman–Crippen MR) is 40.1 cm³/mol. The standard InChI is InChI=1S/C8H17O/c1-3-5-8(2)6-4-7-9/h8-9H,1,3-7H2,2H3. The molecular formula is C8H17O. The van der Waals surface area contributed by atoms with Gasteiger partial charge in [-0.05, 0) is 18.8 Å². The van der Waals surface area contributed by atoms with E-state index in [1.165, 1.54) is 6.42 Å². The highest BCUT2D eigenvalue weighted by Crippen LogP contribution is 2.10. The molecule has 0 aromatic rings. The second-order valence-electron chi connectivity index (χ2n) is 2.61. The van der Waals surface area contributed by atoms with Gasteiger partial charge in [-0.25, -0.2) is 0 Å². The Hall–Kier alpha value is -0.0400. The Balaban J connectivity index is 2.95. The van der Waals surface area contributed by atoms with Crippen LogP contribution in [-0.4, -0.2) is 11.7 Å². The van der Waals surface area contributed by atoms with Gasteiger partial charge in [0.2, 0.25) is 0 Å². The van der Waals surface area contributed by atoms with E-state index in [4.69, 9.17) is 5.11 Å². The fraction of sp³-hybridized carbons (Fsp3) is 0.875. The van der Waals surface area contributed by atoms with Gasteiger partial charge in [-0.15, -0.1) is 0 Å². The molecule has 55 valence electrons. The van der Waals surface area contributed by atoms with Gasteiger partial charge in [0, 0.05) is 6.61 Å². The van der Waals surface area contributed by atoms with Crippen molar-refractivity contribution in [2.24, 2.45) is 5.92 Å². The van der Waals surface area contributed by atoms with Gasteiger partial charge in [-0.3, -0.25) is 0 Å². The Morgan fingerprint density at radius 3 is 2.56 bits per heavy atom. The molecule has 1 unspecified atom stereocenters. The van der Waals surface area contributed by atoms with E-state index < -0.39 is 0 Å². The van der Waals surface area contributed by atoms with Gasteiger partial charge < -0.3 is 5.11 Å². The number of hydrogen-bond acceptors (Lipinski definition) is 1. The molecule has 0 bridgehead atoms. The normalized spacial score (nSPS) is 13.7. The van der Waals surface area contributed by atoms with Crippen LogP contribution in [0.5, 0.6) is 0 Å². The predicted octanol–water partition coefficient (Wildman–Crippen LogP) is 2.01. The third-order valence-electron chi connectivity index (χ3n) is 1.55. The quantitative estimate of drug-likeness (QED) is 0.602. The third kappa shape index (κ3) is 5.84. The fourth-order valence-corrected chi connectivity index (χ4v) is 0.933. The summed E-state index contributed by atoms with van der Waals surface area (Å²) in [6.45, 7) is 6.32. The lowest BCUT2D eigenvalue weighted by molar-refractivity contribution is 0.272. The molecule has 0 spiro atoms. The van der Waals surface area contributed by atoms with Gasteiger partial charge in [0.15, 0.2) is 0 Å². The van der Waals surface area contributed by atoms with E-state index in [0.29, 0.717) is 6.61 Å². The Morgan fingerprint density at radius 1 is 1.44 bits per heavy atom. The van der Waals surface area contributed by atoms with E-state index in [-0.39, 0.29) is 0 Å². The minimum atomic E-state index is 0.335. The van der Waals surface area contributed by atoms with Crippen molar-refractivity contribution in [1.82, 2.24) is 0 Å². The van der Waals surface area contributed by atoms with Crippen molar-refractivity contribution in [3.05, 3.63) is 6.92 Å². The van der Waals surface area contributed by atoms with Crippen molar-refractivity contribution in [2.75, 3.05) is 6.61 Å². The minimum absolute atomic E-state index is 0.335. The van der Waals surface area contributed by atoms with Crippen LogP contribution in [0.2, 0.25) is 0 Å². The zero-order valence-electron chi connectivity index (χ0n) is 6.27. The Bertz CT molecular complexity index is 52.5. The zero-order valence-corrected chi connectivity index (χ0v) is 6.27. The molecule has 0 aromatic carbocycles. The summed E-state index contributed by atoms with van der Waals surface area (Å²) in [6.07, 6.45) is 4.31. The molecule has 1 heteroatoms. The smallest absolute Gasteiger partial charge is 0.0431 e. The van der Waals surface area contributed by atoms with Crippen LogP contribution in [-0.2, 0) is 0 Å². The topological polar surface area (TPSA) is 20.2 Å². The third-order valence-corrected chi connectivity index (χ3v) is 1.55. The van der Waals surface area contributed by atoms with Crippen LogP contribution in [0, 0.1) is 12.8 Å². The molecule has 0 fully saturated rings. The van der Waals surface area contributed by atoms with E-state index in [2.05, 4.69) is 13.8 Å². The lowest BCUT2D eigenvalue weighted by Crippen LogP contribution is -1.95. The number of rotatable bonds is 5. The Kier molecular flexibility index (Phi) is 6.06. The van der Waals surface area contributed by atoms with Gasteiger partial charge in [0.1, 0.15) is 0 Å². The highest BCUT2D eigenvalue weighted by atomic mass is 16.2. The monoisotopic (exact) mass is 129 g/mol. The van der Waals surface area contributed by atoms with Crippen LogP contribution in [0.15, 0.2) is 0 Å². The number of aliphatic hydroxyl groups excluding tert-OH is 1. The first-order valence-electron chi connectivity index (χ1n) is 3.71. The van der Waals surface area contributed by atoms with E-state index in [1.807, 2.05) is 0 Å². The van der Waals surface area contributed by atoms with E-state index >= 15 is 0 Å². The largest absolute Gasteiger partial charge is 0.396 e. The maximum atomic E-state index is 8.47. The highest BCUT2D eigenvalue weighted by molar-refractivity contribution is 4.53. The maximum absolute atomic E-state index is 8.47.